The molecular formula is C16H26N2O5. The number of carbonyl (C=O) groups is 1. The fourth-order valence-corrected chi connectivity index (χ4v) is 2.09. The fraction of sp³-hybridized carbons (Fsp3) is 0.625. The van der Waals surface area contributed by atoms with Crippen LogP contribution >= 0.6 is 0 Å². The van der Waals surface area contributed by atoms with Crippen molar-refractivity contribution in [2.45, 2.75) is 32.7 Å². The third-order valence-electron chi connectivity index (χ3n) is 3.39. The van der Waals surface area contributed by atoms with Crippen LogP contribution in [0.2, 0.25) is 0 Å². The van der Waals surface area contributed by atoms with Crippen molar-refractivity contribution in [2.75, 3.05) is 27.4 Å². The second-order valence-corrected chi connectivity index (χ2v) is 5.55. The van der Waals surface area contributed by atoms with E-state index in [2.05, 4.69) is 10.3 Å². The molecule has 0 aliphatic rings. The molecule has 0 aliphatic carbocycles. The average molecular weight is 326 g/mol. The first-order valence-electron chi connectivity index (χ1n) is 7.62. The number of hydrogen-bond donors (Lipinski definition) is 2. The van der Waals surface area contributed by atoms with E-state index in [1.54, 1.807) is 13.3 Å². The summed E-state index contributed by atoms with van der Waals surface area (Å²) in [5.74, 6) is 1.14. The minimum Gasteiger partial charge on any atom is -0.488 e. The molecule has 130 valence electrons. The molecule has 0 spiro atoms. The van der Waals surface area contributed by atoms with Crippen LogP contribution < -0.4 is 14.8 Å². The Bertz CT molecular complexity index is 493. The van der Waals surface area contributed by atoms with Crippen molar-refractivity contribution in [3.8, 4) is 11.6 Å². The van der Waals surface area contributed by atoms with Crippen molar-refractivity contribution in [1.82, 2.24) is 10.3 Å². The Morgan fingerprint density at radius 3 is 2.65 bits per heavy atom. The summed E-state index contributed by atoms with van der Waals surface area (Å²) in [6, 6.07) is 1.65. The SMILES string of the molecule is COCCCOc1cc(CC(NC(=O)O)C(C)C)cnc1OC. The lowest BCUT2D eigenvalue weighted by Crippen LogP contribution is -2.39. The van der Waals surface area contributed by atoms with Crippen molar-refractivity contribution in [2.24, 2.45) is 5.92 Å². The molecule has 0 fully saturated rings. The second kappa shape index (κ2) is 9.89. The summed E-state index contributed by atoms with van der Waals surface area (Å²) in [5, 5.41) is 11.5. The minimum atomic E-state index is -1.03. The van der Waals surface area contributed by atoms with E-state index in [-0.39, 0.29) is 12.0 Å². The van der Waals surface area contributed by atoms with E-state index in [0.29, 0.717) is 31.3 Å². The molecule has 1 rings (SSSR count). The molecule has 1 aromatic rings. The van der Waals surface area contributed by atoms with Gasteiger partial charge in [0.2, 0.25) is 0 Å². The minimum absolute atomic E-state index is 0.166. The molecule has 1 atom stereocenters. The van der Waals surface area contributed by atoms with Crippen LogP contribution in [0, 0.1) is 5.92 Å². The lowest BCUT2D eigenvalue weighted by molar-refractivity contribution is 0.170. The molecule has 0 aliphatic heterocycles. The van der Waals surface area contributed by atoms with Crippen LogP contribution in [-0.4, -0.2) is 49.7 Å². The first-order valence-corrected chi connectivity index (χ1v) is 7.62. The van der Waals surface area contributed by atoms with Crippen LogP contribution in [0.5, 0.6) is 11.6 Å². The van der Waals surface area contributed by atoms with Gasteiger partial charge >= 0.3 is 6.09 Å². The maximum Gasteiger partial charge on any atom is 0.404 e. The number of ether oxygens (including phenoxy) is 3. The lowest BCUT2D eigenvalue weighted by atomic mass is 9.97. The van der Waals surface area contributed by atoms with E-state index in [9.17, 15) is 4.79 Å². The summed E-state index contributed by atoms with van der Waals surface area (Å²) >= 11 is 0. The lowest BCUT2D eigenvalue weighted by Gasteiger charge is -2.21. The molecule has 0 saturated heterocycles. The third-order valence-corrected chi connectivity index (χ3v) is 3.39. The van der Waals surface area contributed by atoms with Crippen LogP contribution in [0.15, 0.2) is 12.3 Å². The van der Waals surface area contributed by atoms with Crippen molar-refractivity contribution >= 4 is 6.09 Å². The summed E-state index contributed by atoms with van der Waals surface area (Å²) in [6.45, 7) is 5.06. The number of nitrogens with zero attached hydrogens (tertiary/aromatic N) is 1. The quantitative estimate of drug-likeness (QED) is 0.641. The zero-order valence-corrected chi connectivity index (χ0v) is 14.2. The topological polar surface area (TPSA) is 89.9 Å². The van der Waals surface area contributed by atoms with E-state index < -0.39 is 6.09 Å². The average Bonchev–Trinajstić information content (AvgIpc) is 2.50. The van der Waals surface area contributed by atoms with Crippen LogP contribution in [0.4, 0.5) is 4.79 Å². The van der Waals surface area contributed by atoms with Gasteiger partial charge in [0, 0.05) is 32.4 Å². The van der Waals surface area contributed by atoms with Gasteiger partial charge in [0.05, 0.1) is 13.7 Å². The number of aromatic nitrogens is 1. The van der Waals surface area contributed by atoms with Crippen molar-refractivity contribution in [3.63, 3.8) is 0 Å². The zero-order valence-electron chi connectivity index (χ0n) is 14.2. The molecule has 1 amide bonds. The molecule has 7 heteroatoms. The highest BCUT2D eigenvalue weighted by atomic mass is 16.5. The largest absolute Gasteiger partial charge is 0.488 e. The molecular weight excluding hydrogens is 300 g/mol. The molecule has 0 aromatic carbocycles. The Labute approximate surface area is 137 Å². The molecule has 1 aromatic heterocycles. The monoisotopic (exact) mass is 326 g/mol. The predicted molar refractivity (Wildman–Crippen MR) is 86.3 cm³/mol. The van der Waals surface area contributed by atoms with Crippen LogP contribution in [0.1, 0.15) is 25.8 Å². The normalized spacial score (nSPS) is 12.0. The van der Waals surface area contributed by atoms with E-state index in [1.807, 2.05) is 19.9 Å². The summed E-state index contributed by atoms with van der Waals surface area (Å²) < 4.78 is 15.9. The Kier molecular flexibility index (Phi) is 8.18. The summed E-state index contributed by atoms with van der Waals surface area (Å²) in [7, 11) is 3.18. The summed E-state index contributed by atoms with van der Waals surface area (Å²) in [6.07, 6.45) is 1.95. The van der Waals surface area contributed by atoms with E-state index in [1.165, 1.54) is 7.11 Å². The van der Waals surface area contributed by atoms with Crippen molar-refractivity contribution in [1.29, 1.82) is 0 Å². The number of amides is 1. The molecule has 1 unspecified atom stereocenters. The maximum atomic E-state index is 10.9. The summed E-state index contributed by atoms with van der Waals surface area (Å²) in [4.78, 5) is 15.1. The van der Waals surface area contributed by atoms with Crippen molar-refractivity contribution < 1.29 is 24.1 Å². The maximum absolute atomic E-state index is 10.9. The highest BCUT2D eigenvalue weighted by Crippen LogP contribution is 2.26. The zero-order chi connectivity index (χ0) is 17.2. The molecule has 0 radical (unpaired) electrons. The van der Waals surface area contributed by atoms with Gasteiger partial charge in [-0.25, -0.2) is 9.78 Å². The molecule has 1 heterocycles. The van der Waals surface area contributed by atoms with E-state index >= 15 is 0 Å². The van der Waals surface area contributed by atoms with Gasteiger partial charge in [-0.1, -0.05) is 13.8 Å². The number of rotatable bonds is 10. The Balaban J connectivity index is 2.80. The van der Waals surface area contributed by atoms with Crippen LogP contribution in [0.3, 0.4) is 0 Å². The number of nitrogens with one attached hydrogen (secondary N) is 1. The summed E-state index contributed by atoms with van der Waals surface area (Å²) in [5.41, 5.74) is 0.889. The first kappa shape index (κ1) is 19.0. The highest BCUT2D eigenvalue weighted by molar-refractivity contribution is 5.65. The highest BCUT2D eigenvalue weighted by Gasteiger charge is 2.18. The van der Waals surface area contributed by atoms with Crippen LogP contribution in [0.25, 0.3) is 0 Å². The van der Waals surface area contributed by atoms with Crippen LogP contribution in [-0.2, 0) is 11.2 Å². The Morgan fingerprint density at radius 1 is 1.35 bits per heavy atom. The Morgan fingerprint density at radius 2 is 2.09 bits per heavy atom. The van der Waals surface area contributed by atoms with Gasteiger partial charge < -0.3 is 24.6 Å². The Hall–Kier alpha value is -2.02. The second-order valence-electron chi connectivity index (χ2n) is 5.55. The van der Waals surface area contributed by atoms with Gasteiger partial charge in [0.25, 0.3) is 5.88 Å². The van der Waals surface area contributed by atoms with Crippen molar-refractivity contribution in [3.05, 3.63) is 17.8 Å². The number of hydrogen-bond acceptors (Lipinski definition) is 5. The van der Waals surface area contributed by atoms with Gasteiger partial charge in [0.15, 0.2) is 5.75 Å². The molecule has 2 N–H and O–H groups in total. The predicted octanol–water partition coefficient (Wildman–Crippen LogP) is 2.34. The van der Waals surface area contributed by atoms with Gasteiger partial charge in [-0.2, -0.15) is 0 Å². The standard InChI is InChI=1S/C16H26N2O5/c1-11(2)13(18-16(19)20)8-12-9-14(15(22-4)17-10-12)23-7-5-6-21-3/h9-11,13,18H,5-8H2,1-4H3,(H,19,20). The van der Waals surface area contributed by atoms with Gasteiger partial charge in [-0.15, -0.1) is 0 Å². The van der Waals surface area contributed by atoms with E-state index in [0.717, 1.165) is 12.0 Å². The third kappa shape index (κ3) is 6.73. The number of methoxy groups -OCH3 is 2. The number of pyridine rings is 1. The van der Waals surface area contributed by atoms with Gasteiger partial charge in [0.1, 0.15) is 0 Å². The van der Waals surface area contributed by atoms with Gasteiger partial charge in [-0.05, 0) is 24.0 Å². The number of carboxylic acid groups (broad SMARTS) is 1. The van der Waals surface area contributed by atoms with E-state index in [4.69, 9.17) is 19.3 Å². The molecule has 23 heavy (non-hydrogen) atoms. The molecule has 0 saturated carbocycles. The smallest absolute Gasteiger partial charge is 0.404 e. The first-order chi connectivity index (χ1) is 11.0. The fourth-order valence-electron chi connectivity index (χ4n) is 2.09. The van der Waals surface area contributed by atoms with Gasteiger partial charge in [-0.3, -0.25) is 0 Å². The molecule has 7 nitrogen and oxygen atoms in total. The molecule has 0 bridgehead atoms.